The van der Waals surface area contributed by atoms with E-state index in [0.29, 0.717) is 6.04 Å². The van der Waals surface area contributed by atoms with E-state index in [2.05, 4.69) is 10.2 Å². The Bertz CT molecular complexity index is 213. The van der Waals surface area contributed by atoms with Crippen LogP contribution in [0.4, 0.5) is 0 Å². The van der Waals surface area contributed by atoms with Crippen molar-refractivity contribution in [3.8, 4) is 0 Å². The molecule has 2 saturated heterocycles. The summed E-state index contributed by atoms with van der Waals surface area (Å²) in [5, 5.41) is 3.45. The number of nitrogens with one attached hydrogen (secondary N) is 1. The highest BCUT2D eigenvalue weighted by molar-refractivity contribution is 5.80. The Morgan fingerprint density at radius 1 is 1.43 bits per heavy atom. The van der Waals surface area contributed by atoms with Gasteiger partial charge in [0.15, 0.2) is 0 Å². The molecule has 2 aliphatic rings. The van der Waals surface area contributed by atoms with Gasteiger partial charge >= 0.3 is 0 Å². The fraction of sp³-hybridized carbons (Fsp3) is 0.900. The van der Waals surface area contributed by atoms with E-state index in [4.69, 9.17) is 5.73 Å². The molecule has 2 aliphatic heterocycles. The molecule has 4 heteroatoms. The predicted octanol–water partition coefficient (Wildman–Crippen LogP) is -0.312. The largest absolute Gasteiger partial charge is 0.368 e. The maximum atomic E-state index is 11.1. The van der Waals surface area contributed by atoms with Gasteiger partial charge in [-0.2, -0.15) is 0 Å². The summed E-state index contributed by atoms with van der Waals surface area (Å²) in [6.45, 7) is 3.15. The lowest BCUT2D eigenvalue weighted by Gasteiger charge is -2.25. The quantitative estimate of drug-likeness (QED) is 0.652. The fourth-order valence-electron chi connectivity index (χ4n) is 2.56. The minimum Gasteiger partial charge on any atom is -0.368 e. The number of carbonyl (C=O) groups excluding carboxylic acids is 1. The molecule has 0 bridgehead atoms. The Hall–Kier alpha value is -0.610. The van der Waals surface area contributed by atoms with Crippen LogP contribution in [0, 0.1) is 0 Å². The molecule has 14 heavy (non-hydrogen) atoms. The van der Waals surface area contributed by atoms with E-state index in [0.717, 1.165) is 32.5 Å². The van der Waals surface area contributed by atoms with E-state index in [-0.39, 0.29) is 11.9 Å². The Labute approximate surface area is 84.8 Å². The molecule has 1 amide bonds. The highest BCUT2D eigenvalue weighted by Crippen LogP contribution is 2.18. The number of carbonyl (C=O) groups is 1. The molecule has 0 aromatic carbocycles. The molecule has 0 saturated carbocycles. The zero-order valence-electron chi connectivity index (χ0n) is 8.54. The molecule has 2 unspecified atom stereocenters. The van der Waals surface area contributed by atoms with Crippen LogP contribution in [0.2, 0.25) is 0 Å². The Morgan fingerprint density at radius 2 is 2.29 bits per heavy atom. The normalized spacial score (nSPS) is 33.7. The number of hydrogen-bond acceptors (Lipinski definition) is 3. The maximum Gasteiger partial charge on any atom is 0.234 e. The molecular weight excluding hydrogens is 178 g/mol. The number of likely N-dealkylation sites (tertiary alicyclic amines) is 1. The Balaban J connectivity index is 1.86. The van der Waals surface area contributed by atoms with Gasteiger partial charge in [0.2, 0.25) is 5.91 Å². The van der Waals surface area contributed by atoms with Gasteiger partial charge < -0.3 is 11.1 Å². The van der Waals surface area contributed by atoms with Crippen molar-refractivity contribution >= 4 is 5.91 Å². The van der Waals surface area contributed by atoms with Gasteiger partial charge in [-0.05, 0) is 38.8 Å². The first kappa shape index (κ1) is 9.93. The first-order valence-electron chi connectivity index (χ1n) is 5.54. The molecule has 2 rings (SSSR count). The molecule has 2 atom stereocenters. The van der Waals surface area contributed by atoms with Crippen molar-refractivity contribution in [2.24, 2.45) is 5.73 Å². The highest BCUT2D eigenvalue weighted by atomic mass is 16.1. The van der Waals surface area contributed by atoms with Crippen LogP contribution in [-0.2, 0) is 4.79 Å². The lowest BCUT2D eigenvalue weighted by Crippen LogP contribution is -2.45. The van der Waals surface area contributed by atoms with E-state index >= 15 is 0 Å². The molecule has 2 fully saturated rings. The molecule has 0 aliphatic carbocycles. The molecule has 2 heterocycles. The molecule has 0 aromatic heterocycles. The molecule has 4 nitrogen and oxygen atoms in total. The van der Waals surface area contributed by atoms with Crippen molar-refractivity contribution in [1.29, 1.82) is 0 Å². The topological polar surface area (TPSA) is 58.4 Å². The molecule has 3 N–H and O–H groups in total. The minimum absolute atomic E-state index is 0.00241. The van der Waals surface area contributed by atoms with E-state index in [1.807, 2.05) is 0 Å². The van der Waals surface area contributed by atoms with Gasteiger partial charge in [-0.15, -0.1) is 0 Å². The monoisotopic (exact) mass is 197 g/mol. The number of primary amides is 1. The second kappa shape index (κ2) is 4.28. The average Bonchev–Trinajstić information content (AvgIpc) is 2.75. The van der Waals surface area contributed by atoms with Crippen molar-refractivity contribution in [1.82, 2.24) is 10.2 Å². The molecule has 0 spiro atoms. The zero-order valence-corrected chi connectivity index (χ0v) is 8.54. The first-order chi connectivity index (χ1) is 6.77. The summed E-state index contributed by atoms with van der Waals surface area (Å²) in [6.07, 6.45) is 4.56. The van der Waals surface area contributed by atoms with E-state index in [1.54, 1.807) is 0 Å². The third-order valence-electron chi connectivity index (χ3n) is 3.31. The van der Waals surface area contributed by atoms with E-state index < -0.39 is 0 Å². The van der Waals surface area contributed by atoms with Crippen LogP contribution >= 0.6 is 0 Å². The van der Waals surface area contributed by atoms with Crippen molar-refractivity contribution in [2.75, 3.05) is 19.6 Å². The summed E-state index contributed by atoms with van der Waals surface area (Å²) in [6, 6.07) is 0.576. The van der Waals surface area contributed by atoms with Crippen LogP contribution in [0.15, 0.2) is 0 Å². The van der Waals surface area contributed by atoms with Crippen LogP contribution < -0.4 is 11.1 Å². The number of hydrogen-bond donors (Lipinski definition) is 2. The van der Waals surface area contributed by atoms with Crippen LogP contribution in [0.1, 0.15) is 25.7 Å². The van der Waals surface area contributed by atoms with Crippen molar-refractivity contribution < 1.29 is 4.79 Å². The number of rotatable bonds is 3. The molecular formula is C10H19N3O. The second-order valence-corrected chi connectivity index (χ2v) is 4.35. The van der Waals surface area contributed by atoms with Crippen LogP contribution in [0.25, 0.3) is 0 Å². The number of nitrogens with two attached hydrogens (primary N) is 1. The number of nitrogens with zero attached hydrogens (tertiary/aromatic N) is 1. The third-order valence-corrected chi connectivity index (χ3v) is 3.31. The van der Waals surface area contributed by atoms with Crippen molar-refractivity contribution in [3.63, 3.8) is 0 Å². The molecule has 80 valence electrons. The Morgan fingerprint density at radius 3 is 2.93 bits per heavy atom. The lowest BCUT2D eigenvalue weighted by molar-refractivity contribution is -0.122. The lowest BCUT2D eigenvalue weighted by atomic mass is 10.2. The van der Waals surface area contributed by atoms with Gasteiger partial charge in [-0.1, -0.05) is 0 Å². The van der Waals surface area contributed by atoms with E-state index in [1.165, 1.54) is 12.8 Å². The van der Waals surface area contributed by atoms with E-state index in [9.17, 15) is 4.79 Å². The Kier molecular flexibility index (Phi) is 3.03. The average molecular weight is 197 g/mol. The molecule has 0 aromatic rings. The SMILES string of the molecule is NC(=O)C1CCCN1CC1CCCN1. The van der Waals surface area contributed by atoms with Gasteiger partial charge in [0, 0.05) is 12.6 Å². The molecule has 0 radical (unpaired) electrons. The standard InChI is InChI=1S/C10H19N3O/c11-10(14)9-4-2-6-13(9)7-8-3-1-5-12-8/h8-9,12H,1-7H2,(H2,11,14). The fourth-order valence-corrected chi connectivity index (χ4v) is 2.56. The second-order valence-electron chi connectivity index (χ2n) is 4.35. The number of amides is 1. The minimum atomic E-state index is -0.152. The summed E-state index contributed by atoms with van der Waals surface area (Å²) in [5.41, 5.74) is 5.36. The smallest absolute Gasteiger partial charge is 0.234 e. The summed E-state index contributed by atoms with van der Waals surface area (Å²) in [4.78, 5) is 13.4. The van der Waals surface area contributed by atoms with Gasteiger partial charge in [0.1, 0.15) is 0 Å². The van der Waals surface area contributed by atoms with Crippen molar-refractivity contribution in [3.05, 3.63) is 0 Å². The van der Waals surface area contributed by atoms with Gasteiger partial charge in [-0.25, -0.2) is 0 Å². The first-order valence-corrected chi connectivity index (χ1v) is 5.54. The maximum absolute atomic E-state index is 11.1. The zero-order chi connectivity index (χ0) is 9.97. The highest BCUT2D eigenvalue weighted by Gasteiger charge is 2.30. The van der Waals surface area contributed by atoms with Gasteiger partial charge in [0.25, 0.3) is 0 Å². The summed E-state index contributed by atoms with van der Waals surface area (Å²) < 4.78 is 0. The van der Waals surface area contributed by atoms with Gasteiger partial charge in [0.05, 0.1) is 6.04 Å². The predicted molar refractivity (Wildman–Crippen MR) is 54.8 cm³/mol. The van der Waals surface area contributed by atoms with Crippen molar-refractivity contribution in [2.45, 2.75) is 37.8 Å². The summed E-state index contributed by atoms with van der Waals surface area (Å²) in [7, 11) is 0. The van der Waals surface area contributed by atoms with Crippen LogP contribution in [-0.4, -0.2) is 42.5 Å². The summed E-state index contributed by atoms with van der Waals surface area (Å²) >= 11 is 0. The van der Waals surface area contributed by atoms with Gasteiger partial charge in [-0.3, -0.25) is 9.69 Å². The van der Waals surface area contributed by atoms with Crippen LogP contribution in [0.5, 0.6) is 0 Å². The summed E-state index contributed by atoms with van der Waals surface area (Å²) in [5.74, 6) is -0.152. The third kappa shape index (κ3) is 2.07. The van der Waals surface area contributed by atoms with Crippen LogP contribution in [0.3, 0.4) is 0 Å².